The van der Waals surface area contributed by atoms with Crippen molar-refractivity contribution in [3.05, 3.63) is 35.9 Å². The minimum Gasteiger partial charge on any atom is -0.384 e. The molecule has 1 amide bonds. The molecule has 4 nitrogen and oxygen atoms in total. The Balaban J connectivity index is 1.85. The van der Waals surface area contributed by atoms with Crippen LogP contribution in [-0.2, 0) is 16.0 Å². The smallest absolute Gasteiger partial charge is 0.224 e. The molecule has 0 spiro atoms. The number of nitrogens with zero attached hydrogens (tertiary/aromatic N) is 1. The van der Waals surface area contributed by atoms with E-state index in [1.165, 1.54) is 5.56 Å². The molecule has 2 rings (SSSR count). The summed E-state index contributed by atoms with van der Waals surface area (Å²) in [6, 6.07) is 10.8. The number of ether oxygens (including phenoxy) is 1. The van der Waals surface area contributed by atoms with Gasteiger partial charge in [0.2, 0.25) is 5.91 Å². The highest BCUT2D eigenvalue weighted by molar-refractivity contribution is 5.76. The van der Waals surface area contributed by atoms with Crippen LogP contribution in [0.5, 0.6) is 0 Å². The molecule has 4 heteroatoms. The van der Waals surface area contributed by atoms with E-state index < -0.39 is 0 Å². The minimum absolute atomic E-state index is 0.196. The Labute approximate surface area is 114 Å². The summed E-state index contributed by atoms with van der Waals surface area (Å²) >= 11 is 0. The van der Waals surface area contributed by atoms with E-state index in [-0.39, 0.29) is 5.91 Å². The molecular formula is C15H22N2O2. The van der Waals surface area contributed by atoms with Crippen molar-refractivity contribution in [3.63, 3.8) is 0 Å². The lowest BCUT2D eigenvalue weighted by Gasteiger charge is -2.34. The number of amides is 1. The van der Waals surface area contributed by atoms with E-state index in [0.29, 0.717) is 19.1 Å². The van der Waals surface area contributed by atoms with Crippen LogP contribution in [0.4, 0.5) is 0 Å². The molecule has 1 N–H and O–H groups in total. The first-order valence-corrected chi connectivity index (χ1v) is 6.83. The summed E-state index contributed by atoms with van der Waals surface area (Å²) < 4.78 is 4.96. The van der Waals surface area contributed by atoms with Crippen LogP contribution < -0.4 is 5.32 Å². The number of carbonyl (C=O) groups excluding carboxylic acids is 1. The van der Waals surface area contributed by atoms with Gasteiger partial charge in [-0.2, -0.15) is 0 Å². The first-order chi connectivity index (χ1) is 9.29. The number of rotatable bonds is 5. The van der Waals surface area contributed by atoms with Crippen LogP contribution in [0, 0.1) is 0 Å². The monoisotopic (exact) mass is 262 g/mol. The SMILES string of the molecule is COCCC(=O)N1CCNC(Cc2ccccc2)C1. The molecular weight excluding hydrogens is 240 g/mol. The van der Waals surface area contributed by atoms with Gasteiger partial charge >= 0.3 is 0 Å². The predicted octanol–water partition coefficient (Wildman–Crippen LogP) is 1.07. The van der Waals surface area contributed by atoms with Crippen molar-refractivity contribution in [2.45, 2.75) is 18.9 Å². The van der Waals surface area contributed by atoms with Gasteiger partial charge in [-0.15, -0.1) is 0 Å². The highest BCUT2D eigenvalue weighted by atomic mass is 16.5. The number of benzene rings is 1. The second kappa shape index (κ2) is 7.26. The van der Waals surface area contributed by atoms with Crippen molar-refractivity contribution < 1.29 is 9.53 Å². The average Bonchev–Trinajstić information content (AvgIpc) is 2.46. The van der Waals surface area contributed by atoms with Gasteiger partial charge in [0.15, 0.2) is 0 Å². The maximum atomic E-state index is 12.0. The number of hydrogen-bond donors (Lipinski definition) is 1. The topological polar surface area (TPSA) is 41.6 Å². The Hall–Kier alpha value is -1.39. The normalized spacial score (nSPS) is 19.4. The van der Waals surface area contributed by atoms with Crippen molar-refractivity contribution in [1.82, 2.24) is 10.2 Å². The molecule has 1 aliphatic heterocycles. The summed E-state index contributed by atoms with van der Waals surface area (Å²) in [5.41, 5.74) is 1.31. The fourth-order valence-corrected chi connectivity index (χ4v) is 2.43. The van der Waals surface area contributed by atoms with Gasteiger partial charge in [-0.1, -0.05) is 30.3 Å². The van der Waals surface area contributed by atoms with E-state index in [9.17, 15) is 4.79 Å². The third-order valence-electron chi connectivity index (χ3n) is 3.45. The zero-order chi connectivity index (χ0) is 13.5. The number of piperazine rings is 1. The number of hydrogen-bond acceptors (Lipinski definition) is 3. The van der Waals surface area contributed by atoms with E-state index in [1.54, 1.807) is 7.11 Å². The minimum atomic E-state index is 0.196. The van der Waals surface area contributed by atoms with Gasteiger partial charge in [0.25, 0.3) is 0 Å². The molecule has 1 heterocycles. The Morgan fingerprint density at radius 1 is 1.42 bits per heavy atom. The summed E-state index contributed by atoms with van der Waals surface area (Å²) in [5, 5.41) is 3.48. The van der Waals surface area contributed by atoms with E-state index in [0.717, 1.165) is 26.1 Å². The Kier molecular flexibility index (Phi) is 5.36. The van der Waals surface area contributed by atoms with Crippen LogP contribution in [0.15, 0.2) is 30.3 Å². The largest absolute Gasteiger partial charge is 0.384 e. The van der Waals surface area contributed by atoms with Crippen LogP contribution in [0.1, 0.15) is 12.0 Å². The van der Waals surface area contributed by atoms with Crippen LogP contribution in [-0.4, -0.2) is 50.2 Å². The van der Waals surface area contributed by atoms with Crippen molar-refractivity contribution >= 4 is 5.91 Å². The standard InChI is InChI=1S/C15H22N2O2/c1-19-10-7-15(18)17-9-8-16-14(12-17)11-13-5-3-2-4-6-13/h2-6,14,16H,7-12H2,1H3. The number of carbonyl (C=O) groups is 1. The summed E-state index contributed by atoms with van der Waals surface area (Å²) in [6.07, 6.45) is 1.45. The fourth-order valence-electron chi connectivity index (χ4n) is 2.43. The zero-order valence-electron chi connectivity index (χ0n) is 11.5. The molecule has 0 bridgehead atoms. The zero-order valence-corrected chi connectivity index (χ0v) is 11.5. The Morgan fingerprint density at radius 2 is 2.21 bits per heavy atom. The lowest BCUT2D eigenvalue weighted by molar-refractivity contribution is -0.133. The molecule has 0 aromatic heterocycles. The first-order valence-electron chi connectivity index (χ1n) is 6.83. The van der Waals surface area contributed by atoms with Crippen LogP contribution in [0.25, 0.3) is 0 Å². The molecule has 1 saturated heterocycles. The van der Waals surface area contributed by atoms with Crippen LogP contribution >= 0.6 is 0 Å². The highest BCUT2D eigenvalue weighted by Gasteiger charge is 2.22. The molecule has 1 aromatic carbocycles. The van der Waals surface area contributed by atoms with Gasteiger partial charge < -0.3 is 15.0 Å². The van der Waals surface area contributed by atoms with E-state index in [4.69, 9.17) is 4.74 Å². The average molecular weight is 262 g/mol. The molecule has 0 radical (unpaired) electrons. The van der Waals surface area contributed by atoms with Gasteiger partial charge in [0, 0.05) is 32.8 Å². The molecule has 1 aliphatic rings. The predicted molar refractivity (Wildman–Crippen MR) is 75.0 cm³/mol. The van der Waals surface area contributed by atoms with Crippen molar-refractivity contribution in [3.8, 4) is 0 Å². The summed E-state index contributed by atoms with van der Waals surface area (Å²) in [4.78, 5) is 13.9. The van der Waals surface area contributed by atoms with E-state index >= 15 is 0 Å². The Morgan fingerprint density at radius 3 is 2.95 bits per heavy atom. The van der Waals surface area contributed by atoms with Gasteiger partial charge in [0.05, 0.1) is 13.0 Å². The summed E-state index contributed by atoms with van der Waals surface area (Å²) in [5.74, 6) is 0.196. The molecule has 1 aromatic rings. The molecule has 1 fully saturated rings. The quantitative estimate of drug-likeness (QED) is 0.863. The molecule has 19 heavy (non-hydrogen) atoms. The van der Waals surface area contributed by atoms with Crippen LogP contribution in [0.2, 0.25) is 0 Å². The molecule has 104 valence electrons. The summed E-state index contributed by atoms with van der Waals surface area (Å²) in [6.45, 7) is 2.97. The lowest BCUT2D eigenvalue weighted by Crippen LogP contribution is -2.53. The molecule has 1 unspecified atom stereocenters. The fraction of sp³-hybridized carbons (Fsp3) is 0.533. The van der Waals surface area contributed by atoms with Gasteiger partial charge in [-0.05, 0) is 12.0 Å². The van der Waals surface area contributed by atoms with E-state index in [1.807, 2.05) is 11.0 Å². The lowest BCUT2D eigenvalue weighted by atomic mass is 10.0. The van der Waals surface area contributed by atoms with Gasteiger partial charge in [-0.25, -0.2) is 0 Å². The molecule has 0 saturated carbocycles. The number of methoxy groups -OCH3 is 1. The number of nitrogens with one attached hydrogen (secondary N) is 1. The van der Waals surface area contributed by atoms with E-state index in [2.05, 4.69) is 29.6 Å². The van der Waals surface area contributed by atoms with Gasteiger partial charge in [0.1, 0.15) is 0 Å². The molecule has 1 atom stereocenters. The maximum Gasteiger partial charge on any atom is 0.224 e. The second-order valence-corrected chi connectivity index (χ2v) is 4.92. The first kappa shape index (κ1) is 14.0. The van der Waals surface area contributed by atoms with Crippen molar-refractivity contribution in [2.24, 2.45) is 0 Å². The summed E-state index contributed by atoms with van der Waals surface area (Å²) in [7, 11) is 1.63. The molecule has 0 aliphatic carbocycles. The Bertz CT molecular complexity index is 394. The van der Waals surface area contributed by atoms with Gasteiger partial charge in [-0.3, -0.25) is 4.79 Å². The third kappa shape index (κ3) is 4.33. The van der Waals surface area contributed by atoms with Crippen molar-refractivity contribution in [2.75, 3.05) is 33.4 Å². The third-order valence-corrected chi connectivity index (χ3v) is 3.45. The van der Waals surface area contributed by atoms with Crippen LogP contribution in [0.3, 0.4) is 0 Å². The van der Waals surface area contributed by atoms with Crippen molar-refractivity contribution in [1.29, 1.82) is 0 Å². The maximum absolute atomic E-state index is 12.0. The highest BCUT2D eigenvalue weighted by Crippen LogP contribution is 2.08. The second-order valence-electron chi connectivity index (χ2n) is 4.92.